The number of aromatic nitrogens is 1. The first-order chi connectivity index (χ1) is 15.8. The van der Waals surface area contributed by atoms with Gasteiger partial charge in [0.1, 0.15) is 5.69 Å². The van der Waals surface area contributed by atoms with E-state index in [-0.39, 0.29) is 18.3 Å². The number of hydrogen-bond acceptors (Lipinski definition) is 4. The van der Waals surface area contributed by atoms with Crippen molar-refractivity contribution in [3.8, 4) is 0 Å². The minimum Gasteiger partial charge on any atom is -0.376 e. The summed E-state index contributed by atoms with van der Waals surface area (Å²) in [5.74, 6) is -2.09. The van der Waals surface area contributed by atoms with Gasteiger partial charge in [0, 0.05) is 33.2 Å². The Morgan fingerprint density at radius 2 is 1.82 bits per heavy atom. The van der Waals surface area contributed by atoms with E-state index in [0.717, 1.165) is 32.7 Å². The third kappa shape index (κ3) is 5.45. The van der Waals surface area contributed by atoms with Crippen molar-refractivity contribution in [1.82, 2.24) is 9.99 Å². The molecule has 2 aromatic carbocycles. The Morgan fingerprint density at radius 1 is 1.06 bits per heavy atom. The summed E-state index contributed by atoms with van der Waals surface area (Å²) in [4.78, 5) is 38.1. The quantitative estimate of drug-likeness (QED) is 0.398. The number of amides is 3. The number of nitrogens with one attached hydrogen (secondary N) is 3. The number of nitrogens with zero attached hydrogens (tertiary/aromatic N) is 1. The minimum atomic E-state index is -0.873. The Morgan fingerprint density at radius 3 is 2.55 bits per heavy atom. The molecule has 8 nitrogen and oxygen atoms in total. The SMILES string of the molecule is Cc1cc(Br)ccc1NC(=O)c1cc2cc(Br)ccc2n1NC(=O)C(=O)NC[C@@H]1CCCO1. The molecule has 4 rings (SSSR count). The van der Waals surface area contributed by atoms with Crippen LogP contribution in [0, 0.1) is 6.92 Å². The van der Waals surface area contributed by atoms with Crippen molar-refractivity contribution in [2.24, 2.45) is 0 Å². The van der Waals surface area contributed by atoms with Crippen LogP contribution in [0.25, 0.3) is 10.9 Å². The second-order valence-electron chi connectivity index (χ2n) is 7.77. The van der Waals surface area contributed by atoms with Crippen LogP contribution in [0.2, 0.25) is 0 Å². The number of carbonyl (C=O) groups excluding carboxylic acids is 3. The van der Waals surface area contributed by atoms with Gasteiger partial charge in [-0.15, -0.1) is 0 Å². The molecule has 0 unspecified atom stereocenters. The number of anilines is 1. The van der Waals surface area contributed by atoms with Crippen molar-refractivity contribution in [3.63, 3.8) is 0 Å². The maximum atomic E-state index is 13.2. The molecule has 2 heterocycles. The summed E-state index contributed by atoms with van der Waals surface area (Å²) in [5, 5.41) is 6.19. The van der Waals surface area contributed by atoms with Gasteiger partial charge >= 0.3 is 11.8 Å². The van der Waals surface area contributed by atoms with Crippen LogP contribution in [0.4, 0.5) is 5.69 Å². The van der Waals surface area contributed by atoms with Crippen LogP contribution in [0.5, 0.6) is 0 Å². The van der Waals surface area contributed by atoms with Gasteiger partial charge < -0.3 is 15.4 Å². The monoisotopic (exact) mass is 576 g/mol. The van der Waals surface area contributed by atoms with Gasteiger partial charge in [0.25, 0.3) is 5.91 Å². The van der Waals surface area contributed by atoms with E-state index in [1.807, 2.05) is 25.1 Å². The van der Waals surface area contributed by atoms with E-state index in [1.54, 1.807) is 24.3 Å². The first kappa shape index (κ1) is 23.5. The van der Waals surface area contributed by atoms with Crippen LogP contribution < -0.4 is 16.1 Å². The van der Waals surface area contributed by atoms with Crippen molar-refractivity contribution in [2.45, 2.75) is 25.9 Å². The number of ether oxygens (including phenoxy) is 1. The lowest BCUT2D eigenvalue weighted by Gasteiger charge is -2.14. The maximum absolute atomic E-state index is 13.2. The highest BCUT2D eigenvalue weighted by molar-refractivity contribution is 9.10. The number of benzene rings is 2. The molecule has 172 valence electrons. The highest BCUT2D eigenvalue weighted by atomic mass is 79.9. The standard InChI is InChI=1S/C23H22Br2N4O4/c1-13-9-15(24)4-6-18(13)27-21(30)20-11-14-10-16(25)5-7-19(14)29(20)28-23(32)22(31)26-12-17-3-2-8-33-17/h4-7,9-11,17H,2-3,8,12H2,1H3,(H,26,31)(H,27,30)(H,28,32)/t17-/m0/s1. The third-order valence-corrected chi connectivity index (χ3v) is 6.35. The van der Waals surface area contributed by atoms with Crippen molar-refractivity contribution >= 4 is 66.2 Å². The molecule has 1 fully saturated rings. The molecule has 3 amide bonds. The van der Waals surface area contributed by atoms with Crippen LogP contribution in [0.15, 0.2) is 51.4 Å². The van der Waals surface area contributed by atoms with E-state index in [9.17, 15) is 14.4 Å². The molecule has 0 spiro atoms. The first-order valence-electron chi connectivity index (χ1n) is 10.4. The smallest absolute Gasteiger partial charge is 0.328 e. The average Bonchev–Trinajstić information content (AvgIpc) is 3.42. The largest absolute Gasteiger partial charge is 0.376 e. The molecule has 0 radical (unpaired) electrons. The maximum Gasteiger partial charge on any atom is 0.328 e. The Kier molecular flexibility index (Phi) is 7.16. The van der Waals surface area contributed by atoms with Crippen LogP contribution in [-0.4, -0.2) is 41.7 Å². The second kappa shape index (κ2) is 10.1. The molecular weight excluding hydrogens is 556 g/mol. The van der Waals surface area contributed by atoms with Gasteiger partial charge in [-0.2, -0.15) is 0 Å². The Hall–Kier alpha value is -2.69. The van der Waals surface area contributed by atoms with Crippen molar-refractivity contribution in [3.05, 3.63) is 62.7 Å². The Bertz CT molecular complexity index is 1230. The summed E-state index contributed by atoms with van der Waals surface area (Å²) >= 11 is 6.83. The van der Waals surface area contributed by atoms with E-state index in [2.05, 4.69) is 47.9 Å². The van der Waals surface area contributed by atoms with Gasteiger partial charge in [-0.1, -0.05) is 31.9 Å². The zero-order valence-corrected chi connectivity index (χ0v) is 21.0. The van der Waals surface area contributed by atoms with Gasteiger partial charge in [0.15, 0.2) is 0 Å². The van der Waals surface area contributed by atoms with E-state index in [4.69, 9.17) is 4.74 Å². The molecule has 10 heteroatoms. The van der Waals surface area contributed by atoms with Crippen LogP contribution in [0.3, 0.4) is 0 Å². The Balaban J connectivity index is 1.58. The fraction of sp³-hybridized carbons (Fsp3) is 0.261. The van der Waals surface area contributed by atoms with E-state index >= 15 is 0 Å². The number of halogens is 2. The van der Waals surface area contributed by atoms with Crippen LogP contribution in [-0.2, 0) is 14.3 Å². The second-order valence-corrected chi connectivity index (χ2v) is 9.60. The topological polar surface area (TPSA) is 101 Å². The Labute approximate surface area is 207 Å². The fourth-order valence-electron chi connectivity index (χ4n) is 3.67. The summed E-state index contributed by atoms with van der Waals surface area (Å²) in [7, 11) is 0. The molecule has 1 saturated heterocycles. The lowest BCUT2D eigenvalue weighted by Crippen LogP contribution is -2.42. The molecule has 33 heavy (non-hydrogen) atoms. The average molecular weight is 578 g/mol. The minimum absolute atomic E-state index is 0.0815. The van der Waals surface area contributed by atoms with Crippen molar-refractivity contribution in [1.29, 1.82) is 0 Å². The lowest BCUT2D eigenvalue weighted by atomic mass is 10.2. The van der Waals surface area contributed by atoms with Gasteiger partial charge in [-0.05, 0) is 67.8 Å². The summed E-state index contributed by atoms with van der Waals surface area (Å²) in [6, 6.07) is 12.6. The number of fused-ring (bicyclic) bond motifs is 1. The van der Waals surface area contributed by atoms with Crippen molar-refractivity contribution in [2.75, 3.05) is 23.9 Å². The summed E-state index contributed by atoms with van der Waals surface area (Å²) in [6.07, 6.45) is 1.70. The van der Waals surface area contributed by atoms with E-state index in [0.29, 0.717) is 17.8 Å². The fourth-order valence-corrected chi connectivity index (χ4v) is 4.53. The molecule has 3 aromatic rings. The molecule has 0 saturated carbocycles. The van der Waals surface area contributed by atoms with Gasteiger partial charge in [0.2, 0.25) is 0 Å². The molecule has 1 aliphatic heterocycles. The number of carbonyl (C=O) groups is 3. The zero-order chi connectivity index (χ0) is 23.5. The highest BCUT2D eigenvalue weighted by Crippen LogP contribution is 2.25. The van der Waals surface area contributed by atoms with Crippen molar-refractivity contribution < 1.29 is 19.1 Å². The van der Waals surface area contributed by atoms with Gasteiger partial charge in [0.05, 0.1) is 11.6 Å². The third-order valence-electron chi connectivity index (χ3n) is 5.37. The molecular formula is C23H22Br2N4O4. The van der Waals surface area contributed by atoms with Gasteiger partial charge in [-0.25, -0.2) is 4.68 Å². The molecule has 3 N–H and O–H groups in total. The zero-order valence-electron chi connectivity index (χ0n) is 17.8. The number of rotatable bonds is 5. The van der Waals surface area contributed by atoms with E-state index < -0.39 is 17.7 Å². The predicted octanol–water partition coefficient (Wildman–Crippen LogP) is 4.09. The molecule has 0 bridgehead atoms. The normalized spacial score (nSPS) is 15.4. The summed E-state index contributed by atoms with van der Waals surface area (Å²) in [5.41, 5.74) is 4.84. The number of hydrogen-bond donors (Lipinski definition) is 3. The number of aryl methyl sites for hydroxylation is 1. The predicted molar refractivity (Wildman–Crippen MR) is 133 cm³/mol. The molecule has 1 aliphatic rings. The molecule has 0 aliphatic carbocycles. The molecule has 1 atom stereocenters. The summed E-state index contributed by atoms with van der Waals surface area (Å²) < 4.78 is 8.53. The van der Waals surface area contributed by atoms with Crippen LogP contribution >= 0.6 is 31.9 Å². The van der Waals surface area contributed by atoms with Crippen LogP contribution in [0.1, 0.15) is 28.9 Å². The van der Waals surface area contributed by atoms with E-state index in [1.165, 1.54) is 4.68 Å². The first-order valence-corrected chi connectivity index (χ1v) is 12.0. The highest BCUT2D eigenvalue weighted by Gasteiger charge is 2.23. The van der Waals surface area contributed by atoms with Gasteiger partial charge in [-0.3, -0.25) is 19.8 Å². The molecule has 1 aromatic heterocycles. The lowest BCUT2D eigenvalue weighted by molar-refractivity contribution is -0.136. The summed E-state index contributed by atoms with van der Waals surface area (Å²) in [6.45, 7) is 2.81.